The fourth-order valence-electron chi connectivity index (χ4n) is 2.28. The van der Waals surface area contributed by atoms with Gasteiger partial charge in [-0.15, -0.1) is 0 Å². The monoisotopic (exact) mass is 289 g/mol. The van der Waals surface area contributed by atoms with Crippen LogP contribution in [0.15, 0.2) is 30.3 Å². The summed E-state index contributed by atoms with van der Waals surface area (Å²) in [5, 5.41) is 10.2. The van der Waals surface area contributed by atoms with Gasteiger partial charge in [-0.3, -0.25) is 0 Å². The molecule has 0 spiro atoms. The van der Waals surface area contributed by atoms with Gasteiger partial charge in [0.05, 0.1) is 0 Å². The highest BCUT2D eigenvalue weighted by Gasteiger charge is 2.58. The van der Waals surface area contributed by atoms with Gasteiger partial charge >= 0.3 is 6.18 Å². The molecule has 1 aromatic carbocycles. The van der Waals surface area contributed by atoms with Gasteiger partial charge in [-0.25, -0.2) is 0 Å². The van der Waals surface area contributed by atoms with Crippen molar-refractivity contribution in [2.75, 3.05) is 0 Å². The number of halogens is 3. The van der Waals surface area contributed by atoms with E-state index in [2.05, 4.69) is 0 Å². The number of benzene rings is 1. The number of alkyl halides is 3. The zero-order valence-corrected chi connectivity index (χ0v) is 11.7. The summed E-state index contributed by atoms with van der Waals surface area (Å²) in [5.74, 6) is 0. The molecule has 0 heterocycles. The minimum absolute atomic E-state index is 0.144. The van der Waals surface area contributed by atoms with Crippen molar-refractivity contribution < 1.29 is 18.3 Å². The van der Waals surface area contributed by atoms with Crippen LogP contribution in [-0.4, -0.2) is 17.3 Å². The van der Waals surface area contributed by atoms with E-state index in [0.717, 1.165) is 19.3 Å². The van der Waals surface area contributed by atoms with E-state index in [-0.39, 0.29) is 12.0 Å². The Kier molecular flexibility index (Phi) is 6.02. The molecule has 5 heteroatoms. The molecule has 0 aliphatic rings. The SMILES string of the molecule is CCCCCCC(N)C(O)(c1ccccc1)C(F)(F)F. The number of hydrogen-bond acceptors (Lipinski definition) is 2. The standard InChI is InChI=1S/C15H22F3NO/c1-2-3-4-8-11-13(19)14(20,15(16,17)18)12-9-6-5-7-10-12/h5-7,9-10,13,20H,2-4,8,11,19H2,1H3. The minimum atomic E-state index is -4.79. The summed E-state index contributed by atoms with van der Waals surface area (Å²) in [4.78, 5) is 0. The molecular weight excluding hydrogens is 267 g/mol. The summed E-state index contributed by atoms with van der Waals surface area (Å²) < 4.78 is 39.9. The molecule has 2 atom stereocenters. The van der Waals surface area contributed by atoms with Gasteiger partial charge in [-0.05, 0) is 12.0 Å². The summed E-state index contributed by atoms with van der Waals surface area (Å²) in [7, 11) is 0. The first kappa shape index (κ1) is 17.0. The summed E-state index contributed by atoms with van der Waals surface area (Å²) in [6, 6.07) is 5.71. The molecule has 0 aliphatic carbocycles. The maximum absolute atomic E-state index is 13.3. The molecule has 1 rings (SSSR count). The topological polar surface area (TPSA) is 46.2 Å². The lowest BCUT2D eigenvalue weighted by molar-refractivity contribution is -0.275. The number of hydrogen-bond donors (Lipinski definition) is 2. The van der Waals surface area contributed by atoms with Crippen molar-refractivity contribution in [3.63, 3.8) is 0 Å². The van der Waals surface area contributed by atoms with Crippen LogP contribution in [-0.2, 0) is 5.60 Å². The van der Waals surface area contributed by atoms with Crippen LogP contribution < -0.4 is 5.73 Å². The van der Waals surface area contributed by atoms with Crippen molar-refractivity contribution in [3.05, 3.63) is 35.9 Å². The quantitative estimate of drug-likeness (QED) is 0.751. The molecule has 2 unspecified atom stereocenters. The van der Waals surface area contributed by atoms with Crippen molar-refractivity contribution >= 4 is 0 Å². The minimum Gasteiger partial charge on any atom is -0.375 e. The molecule has 114 valence electrons. The fourth-order valence-corrected chi connectivity index (χ4v) is 2.28. The first-order valence-corrected chi connectivity index (χ1v) is 6.94. The summed E-state index contributed by atoms with van der Waals surface area (Å²) in [6.07, 6.45) is -1.28. The summed E-state index contributed by atoms with van der Waals surface area (Å²) in [6.45, 7) is 2.02. The van der Waals surface area contributed by atoms with Crippen molar-refractivity contribution in [3.8, 4) is 0 Å². The second-order valence-corrected chi connectivity index (χ2v) is 5.09. The Hall–Kier alpha value is -1.07. The molecule has 0 aliphatic heterocycles. The zero-order valence-electron chi connectivity index (χ0n) is 11.7. The molecule has 0 fully saturated rings. The van der Waals surface area contributed by atoms with E-state index in [0.29, 0.717) is 6.42 Å². The van der Waals surface area contributed by atoms with Crippen LogP contribution in [0.25, 0.3) is 0 Å². The molecule has 0 saturated heterocycles. The lowest BCUT2D eigenvalue weighted by atomic mass is 9.83. The van der Waals surface area contributed by atoms with Gasteiger partial charge in [0.2, 0.25) is 5.60 Å². The van der Waals surface area contributed by atoms with Gasteiger partial charge in [0.15, 0.2) is 0 Å². The average Bonchev–Trinajstić information content (AvgIpc) is 2.42. The van der Waals surface area contributed by atoms with E-state index in [9.17, 15) is 18.3 Å². The number of aliphatic hydroxyl groups is 1. The normalized spacial score (nSPS) is 16.7. The van der Waals surface area contributed by atoms with Crippen LogP contribution in [0.5, 0.6) is 0 Å². The molecule has 0 aromatic heterocycles. The molecular formula is C15H22F3NO. The third kappa shape index (κ3) is 3.73. The maximum Gasteiger partial charge on any atom is 0.422 e. The van der Waals surface area contributed by atoms with Crippen molar-refractivity contribution in [2.45, 2.75) is 56.8 Å². The van der Waals surface area contributed by atoms with Crippen molar-refractivity contribution in [1.29, 1.82) is 0 Å². The van der Waals surface area contributed by atoms with Gasteiger partial charge in [0, 0.05) is 6.04 Å². The van der Waals surface area contributed by atoms with E-state index in [1.54, 1.807) is 6.07 Å². The van der Waals surface area contributed by atoms with E-state index in [1.165, 1.54) is 24.3 Å². The highest BCUT2D eigenvalue weighted by atomic mass is 19.4. The number of rotatable bonds is 7. The van der Waals surface area contributed by atoms with Gasteiger partial charge in [0.25, 0.3) is 0 Å². The Labute approximate surface area is 117 Å². The Morgan fingerprint density at radius 2 is 1.70 bits per heavy atom. The summed E-state index contributed by atoms with van der Waals surface area (Å²) in [5.41, 5.74) is 2.50. The van der Waals surface area contributed by atoms with Crippen LogP contribution >= 0.6 is 0 Å². The molecule has 0 bridgehead atoms. The van der Waals surface area contributed by atoms with Crippen LogP contribution in [0, 0.1) is 0 Å². The molecule has 1 aromatic rings. The van der Waals surface area contributed by atoms with E-state index < -0.39 is 17.8 Å². The Morgan fingerprint density at radius 1 is 1.10 bits per heavy atom. The largest absolute Gasteiger partial charge is 0.422 e. The molecule has 3 N–H and O–H groups in total. The maximum atomic E-state index is 13.3. The Morgan fingerprint density at radius 3 is 2.20 bits per heavy atom. The predicted molar refractivity (Wildman–Crippen MR) is 73.1 cm³/mol. The molecule has 0 saturated carbocycles. The Bertz CT molecular complexity index is 394. The molecule has 0 amide bonds. The van der Waals surface area contributed by atoms with Crippen molar-refractivity contribution in [1.82, 2.24) is 0 Å². The molecule has 0 radical (unpaired) electrons. The smallest absolute Gasteiger partial charge is 0.375 e. The second kappa shape index (κ2) is 7.09. The Balaban J connectivity index is 2.90. The first-order chi connectivity index (χ1) is 9.34. The van der Waals surface area contributed by atoms with E-state index in [1.807, 2.05) is 6.92 Å². The fraction of sp³-hybridized carbons (Fsp3) is 0.600. The predicted octanol–water partition coefficient (Wildman–Crippen LogP) is 3.73. The van der Waals surface area contributed by atoms with Crippen LogP contribution in [0.2, 0.25) is 0 Å². The van der Waals surface area contributed by atoms with E-state index in [4.69, 9.17) is 5.73 Å². The van der Waals surface area contributed by atoms with Gasteiger partial charge in [-0.1, -0.05) is 62.9 Å². The van der Waals surface area contributed by atoms with Crippen LogP contribution in [0.4, 0.5) is 13.2 Å². The highest BCUT2D eigenvalue weighted by Crippen LogP contribution is 2.42. The highest BCUT2D eigenvalue weighted by molar-refractivity contribution is 5.26. The van der Waals surface area contributed by atoms with Crippen LogP contribution in [0.1, 0.15) is 44.6 Å². The van der Waals surface area contributed by atoms with Crippen molar-refractivity contribution in [2.24, 2.45) is 5.73 Å². The van der Waals surface area contributed by atoms with E-state index >= 15 is 0 Å². The lowest BCUT2D eigenvalue weighted by Gasteiger charge is -2.36. The number of unbranched alkanes of at least 4 members (excludes halogenated alkanes) is 3. The van der Waals surface area contributed by atoms with Gasteiger partial charge in [-0.2, -0.15) is 13.2 Å². The number of nitrogens with two attached hydrogens (primary N) is 1. The third-order valence-electron chi connectivity index (χ3n) is 3.55. The third-order valence-corrected chi connectivity index (χ3v) is 3.55. The first-order valence-electron chi connectivity index (χ1n) is 6.94. The summed E-state index contributed by atoms with van der Waals surface area (Å²) >= 11 is 0. The average molecular weight is 289 g/mol. The molecule has 2 nitrogen and oxygen atoms in total. The molecule has 20 heavy (non-hydrogen) atoms. The van der Waals surface area contributed by atoms with Gasteiger partial charge < -0.3 is 10.8 Å². The lowest BCUT2D eigenvalue weighted by Crippen LogP contribution is -2.55. The zero-order chi connectivity index (χ0) is 15.2. The van der Waals surface area contributed by atoms with Gasteiger partial charge in [0.1, 0.15) is 0 Å². The van der Waals surface area contributed by atoms with Crippen LogP contribution in [0.3, 0.4) is 0 Å². The second-order valence-electron chi connectivity index (χ2n) is 5.09.